The van der Waals surface area contributed by atoms with Crippen molar-refractivity contribution in [1.29, 1.82) is 0 Å². The fourth-order valence-electron chi connectivity index (χ4n) is 2.65. The van der Waals surface area contributed by atoms with Crippen LogP contribution in [0.15, 0.2) is 46.9 Å². The highest BCUT2D eigenvalue weighted by molar-refractivity contribution is 9.10. The average molecular weight is 468 g/mol. The quantitative estimate of drug-likeness (QED) is 0.412. The van der Waals surface area contributed by atoms with Crippen LogP contribution in [0.4, 0.5) is 4.39 Å². The minimum atomic E-state index is -0.816. The summed E-state index contributed by atoms with van der Waals surface area (Å²) < 4.78 is 25.4. The Morgan fingerprint density at radius 2 is 1.75 bits per heavy atom. The highest BCUT2D eigenvalue weighted by Gasteiger charge is 2.31. The van der Waals surface area contributed by atoms with E-state index in [-0.39, 0.29) is 32.0 Å². The Hall–Kier alpha value is -2.71. The monoisotopic (exact) mass is 466 g/mol. The molecule has 2 aromatic carbocycles. The maximum Gasteiger partial charge on any atom is 0.357 e. The molecular weight excluding hydrogens is 455 g/mol. The molecule has 0 saturated heterocycles. The minimum absolute atomic E-state index is 0.0485. The molecule has 1 heterocycles. The summed E-state index contributed by atoms with van der Waals surface area (Å²) in [5, 5.41) is 4.27. The Morgan fingerprint density at radius 1 is 1.11 bits per heavy atom. The van der Waals surface area contributed by atoms with Crippen LogP contribution in [0.2, 0.25) is 5.02 Å². The molecule has 3 rings (SSSR count). The Balaban J connectivity index is 2.38. The van der Waals surface area contributed by atoms with E-state index in [9.17, 15) is 14.0 Å². The average Bonchev–Trinajstić information content (AvgIpc) is 3.11. The third-order valence-corrected chi connectivity index (χ3v) is 5.15. The van der Waals surface area contributed by atoms with Gasteiger partial charge >= 0.3 is 11.9 Å². The predicted molar refractivity (Wildman–Crippen MR) is 104 cm³/mol. The fourth-order valence-corrected chi connectivity index (χ4v) is 3.19. The van der Waals surface area contributed by atoms with E-state index in [0.717, 1.165) is 6.07 Å². The van der Waals surface area contributed by atoms with Gasteiger partial charge in [-0.1, -0.05) is 29.8 Å². The minimum Gasteiger partial charge on any atom is -0.465 e. The van der Waals surface area contributed by atoms with Crippen molar-refractivity contribution < 1.29 is 23.5 Å². The van der Waals surface area contributed by atoms with Crippen molar-refractivity contribution in [2.24, 2.45) is 0 Å². The number of aromatic nitrogens is 2. The van der Waals surface area contributed by atoms with E-state index in [2.05, 4.69) is 21.0 Å². The molecule has 0 aliphatic carbocycles. The molecule has 0 N–H and O–H groups in total. The molecule has 3 aromatic rings. The summed E-state index contributed by atoms with van der Waals surface area (Å²) in [4.78, 5) is 25.0. The Morgan fingerprint density at radius 3 is 2.32 bits per heavy atom. The molecule has 6 nitrogen and oxygen atoms in total. The van der Waals surface area contributed by atoms with Crippen LogP contribution in [0.5, 0.6) is 0 Å². The van der Waals surface area contributed by atoms with Crippen molar-refractivity contribution in [3.8, 4) is 16.9 Å². The third-order valence-electron chi connectivity index (χ3n) is 3.91. The zero-order chi connectivity index (χ0) is 20.4. The summed E-state index contributed by atoms with van der Waals surface area (Å²) in [6, 6.07) is 11.3. The van der Waals surface area contributed by atoms with Gasteiger partial charge in [0.15, 0.2) is 5.69 Å². The van der Waals surface area contributed by atoms with E-state index >= 15 is 0 Å². The predicted octanol–water partition coefficient (Wildman–Crippen LogP) is 4.67. The fraction of sp³-hybridized carbons (Fsp3) is 0.105. The standard InChI is InChI=1S/C19H13BrClFN2O4/c1-27-18(25)14-16(10-8-12(20)15(21)13(22)9-10)23-24(17(14)19(26)28-2)11-6-4-3-5-7-11/h3-9H,1-2H3. The second kappa shape index (κ2) is 8.12. The lowest BCUT2D eigenvalue weighted by atomic mass is 10.1. The van der Waals surface area contributed by atoms with Crippen molar-refractivity contribution in [2.75, 3.05) is 14.2 Å². The largest absolute Gasteiger partial charge is 0.465 e. The first-order valence-corrected chi connectivity index (χ1v) is 9.06. The van der Waals surface area contributed by atoms with Gasteiger partial charge < -0.3 is 9.47 Å². The molecule has 0 fully saturated rings. The number of esters is 2. The molecule has 0 amide bonds. The summed E-state index contributed by atoms with van der Waals surface area (Å²) >= 11 is 9.03. The number of halogens is 3. The molecule has 1 aromatic heterocycles. The van der Waals surface area contributed by atoms with Crippen LogP contribution >= 0.6 is 27.5 Å². The number of ether oxygens (including phenoxy) is 2. The zero-order valence-corrected chi connectivity index (χ0v) is 17.0. The number of benzene rings is 2. The molecule has 0 radical (unpaired) electrons. The van der Waals surface area contributed by atoms with E-state index < -0.39 is 17.8 Å². The van der Waals surface area contributed by atoms with Crippen LogP contribution in [0.3, 0.4) is 0 Å². The van der Waals surface area contributed by atoms with Crippen molar-refractivity contribution >= 4 is 39.5 Å². The van der Waals surface area contributed by atoms with Crippen LogP contribution in [0.25, 0.3) is 16.9 Å². The second-order valence-corrected chi connectivity index (χ2v) is 6.79. The number of methoxy groups -OCH3 is 2. The highest BCUT2D eigenvalue weighted by atomic mass is 79.9. The number of rotatable bonds is 4. The summed E-state index contributed by atoms with van der Waals surface area (Å²) in [6.45, 7) is 0. The van der Waals surface area contributed by atoms with Crippen LogP contribution in [0.1, 0.15) is 20.8 Å². The maximum absolute atomic E-state index is 14.2. The Kier molecular flexibility index (Phi) is 5.81. The Bertz CT molecular complexity index is 1050. The topological polar surface area (TPSA) is 70.4 Å². The molecule has 28 heavy (non-hydrogen) atoms. The lowest BCUT2D eigenvalue weighted by molar-refractivity contribution is 0.0549. The smallest absolute Gasteiger partial charge is 0.357 e. The SMILES string of the molecule is COC(=O)c1c(-c2cc(F)c(Cl)c(Br)c2)nn(-c2ccccc2)c1C(=O)OC. The first-order valence-electron chi connectivity index (χ1n) is 7.89. The van der Waals surface area contributed by atoms with E-state index in [1.165, 1.54) is 25.0 Å². The number of carbonyl (C=O) groups excluding carboxylic acids is 2. The Labute approximate surface area is 172 Å². The number of hydrogen-bond acceptors (Lipinski definition) is 5. The van der Waals surface area contributed by atoms with Gasteiger partial charge in [-0.3, -0.25) is 0 Å². The van der Waals surface area contributed by atoms with Crippen LogP contribution in [0, 0.1) is 5.82 Å². The molecule has 0 aliphatic rings. The van der Waals surface area contributed by atoms with Gasteiger partial charge in [-0.2, -0.15) is 5.10 Å². The van der Waals surface area contributed by atoms with Crippen molar-refractivity contribution in [3.63, 3.8) is 0 Å². The lowest BCUT2D eigenvalue weighted by Crippen LogP contribution is -2.15. The third kappa shape index (κ3) is 3.53. The van der Waals surface area contributed by atoms with E-state index in [0.29, 0.717) is 5.69 Å². The summed E-state index contributed by atoms with van der Waals surface area (Å²) in [5.74, 6) is -2.32. The zero-order valence-electron chi connectivity index (χ0n) is 14.7. The molecule has 144 valence electrons. The van der Waals surface area contributed by atoms with Crippen molar-refractivity contribution in [2.45, 2.75) is 0 Å². The van der Waals surface area contributed by atoms with E-state index in [4.69, 9.17) is 21.1 Å². The van der Waals surface area contributed by atoms with Gasteiger partial charge in [0.05, 0.1) is 24.9 Å². The van der Waals surface area contributed by atoms with Gasteiger partial charge in [-0.25, -0.2) is 18.7 Å². The highest BCUT2D eigenvalue weighted by Crippen LogP contribution is 2.34. The molecule has 9 heteroatoms. The first-order chi connectivity index (χ1) is 13.4. The van der Waals surface area contributed by atoms with Crippen LogP contribution in [-0.4, -0.2) is 35.9 Å². The summed E-state index contributed by atoms with van der Waals surface area (Å²) in [6.07, 6.45) is 0. The molecule has 0 aliphatic heterocycles. The molecule has 0 bridgehead atoms. The summed E-state index contributed by atoms with van der Waals surface area (Å²) in [5.41, 5.74) is 0.503. The van der Waals surface area contributed by atoms with Gasteiger partial charge in [-0.15, -0.1) is 0 Å². The van der Waals surface area contributed by atoms with Crippen molar-refractivity contribution in [1.82, 2.24) is 9.78 Å². The van der Waals surface area contributed by atoms with Crippen LogP contribution < -0.4 is 0 Å². The summed E-state index contributed by atoms with van der Waals surface area (Å²) in [7, 11) is 2.36. The molecule has 0 spiro atoms. The van der Waals surface area contributed by atoms with E-state index in [1.54, 1.807) is 30.3 Å². The van der Waals surface area contributed by atoms with Gasteiger partial charge in [0.25, 0.3) is 0 Å². The lowest BCUT2D eigenvalue weighted by Gasteiger charge is -2.07. The van der Waals surface area contributed by atoms with E-state index in [1.807, 2.05) is 0 Å². The number of nitrogens with zero attached hydrogens (tertiary/aromatic N) is 2. The first kappa shape index (κ1) is 20.0. The van der Waals surface area contributed by atoms with Gasteiger partial charge in [0.2, 0.25) is 0 Å². The number of hydrogen-bond donors (Lipinski definition) is 0. The molecular formula is C19H13BrClFN2O4. The maximum atomic E-state index is 14.2. The molecule has 0 saturated carbocycles. The van der Waals surface area contributed by atoms with Crippen LogP contribution in [-0.2, 0) is 9.47 Å². The second-order valence-electron chi connectivity index (χ2n) is 5.56. The normalized spacial score (nSPS) is 10.6. The van der Waals surface area contributed by atoms with Gasteiger partial charge in [0.1, 0.15) is 17.1 Å². The molecule has 0 atom stereocenters. The molecule has 0 unspecified atom stereocenters. The number of para-hydroxylation sites is 1. The van der Waals surface area contributed by atoms with Gasteiger partial charge in [0, 0.05) is 10.0 Å². The van der Waals surface area contributed by atoms with Gasteiger partial charge in [-0.05, 0) is 40.2 Å². The number of carbonyl (C=O) groups is 2. The van der Waals surface area contributed by atoms with Crippen molar-refractivity contribution in [3.05, 3.63) is 69.0 Å².